The Morgan fingerprint density at radius 3 is 2.65 bits per heavy atom. The molecule has 1 unspecified atom stereocenters. The van der Waals surface area contributed by atoms with Crippen molar-refractivity contribution in [3.8, 4) is 0 Å². The Kier molecular flexibility index (Phi) is 6.97. The molecule has 7 heteroatoms. The maximum Gasteiger partial charge on any atom is 0.340 e. The van der Waals surface area contributed by atoms with Gasteiger partial charge < -0.3 is 15.0 Å². The minimum absolute atomic E-state index is 0.0399. The van der Waals surface area contributed by atoms with Crippen molar-refractivity contribution in [1.29, 1.82) is 0 Å². The summed E-state index contributed by atoms with van der Waals surface area (Å²) in [5.74, 6) is -0.417. The van der Waals surface area contributed by atoms with Crippen LogP contribution in [0.25, 0.3) is 0 Å². The molecular weight excluding hydrogens is 334 g/mol. The molecule has 0 radical (unpaired) electrons. The predicted molar refractivity (Wildman–Crippen MR) is 98.4 cm³/mol. The third-order valence-corrected chi connectivity index (χ3v) is 4.75. The molecule has 1 amide bonds. The van der Waals surface area contributed by atoms with Gasteiger partial charge in [-0.15, -0.1) is 0 Å². The number of rotatable bonds is 7. The van der Waals surface area contributed by atoms with E-state index in [2.05, 4.69) is 15.2 Å². The summed E-state index contributed by atoms with van der Waals surface area (Å²) >= 11 is 0. The highest BCUT2D eigenvalue weighted by molar-refractivity contribution is 6.02. The van der Waals surface area contributed by atoms with Gasteiger partial charge >= 0.3 is 5.97 Å². The van der Waals surface area contributed by atoms with Gasteiger partial charge in [-0.3, -0.25) is 14.5 Å². The van der Waals surface area contributed by atoms with E-state index >= 15 is 0 Å². The quantitative estimate of drug-likeness (QED) is 0.571. The summed E-state index contributed by atoms with van der Waals surface area (Å²) in [6.45, 7) is 9.18. The maximum atomic E-state index is 12.8. The average molecular weight is 363 g/mol. The second-order valence-corrected chi connectivity index (χ2v) is 6.76. The zero-order valence-corrected chi connectivity index (χ0v) is 16.1. The number of carbonyl (C=O) groups excluding carboxylic acids is 3. The molecule has 0 spiro atoms. The molecule has 1 saturated heterocycles. The lowest BCUT2D eigenvalue weighted by molar-refractivity contribution is -0.121. The van der Waals surface area contributed by atoms with E-state index in [1.165, 1.54) is 0 Å². The van der Waals surface area contributed by atoms with Crippen molar-refractivity contribution < 1.29 is 19.1 Å². The second-order valence-electron chi connectivity index (χ2n) is 6.76. The number of likely N-dealkylation sites (tertiary alicyclic amines) is 1. The number of carbonyl (C=O) groups is 3. The van der Waals surface area contributed by atoms with Crippen LogP contribution < -0.4 is 5.32 Å². The summed E-state index contributed by atoms with van der Waals surface area (Å²) in [7, 11) is 0. The van der Waals surface area contributed by atoms with E-state index < -0.39 is 5.97 Å². The van der Waals surface area contributed by atoms with Gasteiger partial charge in [-0.25, -0.2) is 4.79 Å². The number of esters is 1. The standard InChI is InChI=1S/C19H29N3O4/c1-5-16(24)21-14-8-7-9-22(10-14)11-15(23)18-12(3)17(13(4)20-18)19(25)26-6-2/h14,20H,5-11H2,1-4H3,(H,21,24). The topological polar surface area (TPSA) is 91.5 Å². The smallest absolute Gasteiger partial charge is 0.340 e. The van der Waals surface area contributed by atoms with Crippen molar-refractivity contribution >= 4 is 17.7 Å². The molecule has 1 aromatic heterocycles. The number of aromatic amines is 1. The fourth-order valence-corrected chi connectivity index (χ4v) is 3.47. The molecule has 1 atom stereocenters. The predicted octanol–water partition coefficient (Wildman–Crippen LogP) is 1.98. The summed E-state index contributed by atoms with van der Waals surface area (Å²) in [5, 5.41) is 3.00. The van der Waals surface area contributed by atoms with Gasteiger partial charge in [0.1, 0.15) is 0 Å². The van der Waals surface area contributed by atoms with E-state index in [1.54, 1.807) is 20.8 Å². The number of aryl methyl sites for hydroxylation is 1. The lowest BCUT2D eigenvalue weighted by Gasteiger charge is -2.32. The van der Waals surface area contributed by atoms with Crippen molar-refractivity contribution in [2.45, 2.75) is 53.0 Å². The molecule has 26 heavy (non-hydrogen) atoms. The van der Waals surface area contributed by atoms with Crippen LogP contribution in [0.5, 0.6) is 0 Å². The highest BCUT2D eigenvalue weighted by Crippen LogP contribution is 2.20. The summed E-state index contributed by atoms with van der Waals surface area (Å²) in [5.41, 5.74) is 2.20. The minimum Gasteiger partial charge on any atom is -0.462 e. The number of H-pyrrole nitrogens is 1. The van der Waals surface area contributed by atoms with Crippen molar-refractivity contribution in [1.82, 2.24) is 15.2 Å². The van der Waals surface area contributed by atoms with Gasteiger partial charge in [-0.1, -0.05) is 6.92 Å². The Labute approximate surface area is 154 Å². The van der Waals surface area contributed by atoms with Crippen LogP contribution in [0.4, 0.5) is 0 Å². The van der Waals surface area contributed by atoms with Crippen LogP contribution in [-0.2, 0) is 9.53 Å². The Balaban J connectivity index is 2.04. The van der Waals surface area contributed by atoms with Gasteiger partial charge in [0.25, 0.3) is 0 Å². The van der Waals surface area contributed by atoms with Crippen molar-refractivity contribution in [3.63, 3.8) is 0 Å². The van der Waals surface area contributed by atoms with Crippen molar-refractivity contribution in [2.24, 2.45) is 0 Å². The Morgan fingerprint density at radius 2 is 2.00 bits per heavy atom. The van der Waals surface area contributed by atoms with Crippen LogP contribution in [0.3, 0.4) is 0 Å². The van der Waals surface area contributed by atoms with Crippen LogP contribution in [0.15, 0.2) is 0 Å². The minimum atomic E-state index is -0.405. The van der Waals surface area contributed by atoms with E-state index in [4.69, 9.17) is 4.74 Å². The lowest BCUT2D eigenvalue weighted by atomic mass is 10.0. The highest BCUT2D eigenvalue weighted by Gasteiger charge is 2.26. The number of ketones is 1. The Morgan fingerprint density at radius 1 is 1.27 bits per heavy atom. The molecule has 2 N–H and O–H groups in total. The van der Waals surface area contributed by atoms with Gasteiger partial charge in [0, 0.05) is 24.7 Å². The lowest BCUT2D eigenvalue weighted by Crippen LogP contribution is -2.48. The molecule has 144 valence electrons. The number of amides is 1. The van der Waals surface area contributed by atoms with E-state index in [1.807, 2.05) is 6.92 Å². The van der Waals surface area contributed by atoms with Gasteiger partial charge in [0.2, 0.25) is 5.91 Å². The molecule has 1 aromatic rings. The van der Waals surface area contributed by atoms with Crippen molar-refractivity contribution in [3.05, 3.63) is 22.5 Å². The fourth-order valence-electron chi connectivity index (χ4n) is 3.47. The number of piperidine rings is 1. The summed E-state index contributed by atoms with van der Waals surface area (Å²) in [6.07, 6.45) is 2.34. The molecule has 0 bridgehead atoms. The molecule has 0 aliphatic carbocycles. The molecule has 0 saturated carbocycles. The highest BCUT2D eigenvalue weighted by atomic mass is 16.5. The summed E-state index contributed by atoms with van der Waals surface area (Å²) in [4.78, 5) is 41.5. The zero-order chi connectivity index (χ0) is 19.3. The van der Waals surface area contributed by atoms with Crippen LogP contribution in [-0.4, -0.2) is 59.8 Å². The first-order valence-electron chi connectivity index (χ1n) is 9.28. The third-order valence-electron chi connectivity index (χ3n) is 4.75. The van der Waals surface area contributed by atoms with E-state index in [0.717, 1.165) is 19.4 Å². The number of nitrogens with one attached hydrogen (secondary N) is 2. The number of Topliss-reactive ketones (excluding diaryl/α,β-unsaturated/α-hetero) is 1. The maximum absolute atomic E-state index is 12.8. The van der Waals surface area contributed by atoms with Crippen LogP contribution in [0.2, 0.25) is 0 Å². The molecule has 1 aliphatic heterocycles. The molecule has 0 aromatic carbocycles. The first kappa shape index (κ1) is 20.2. The average Bonchev–Trinajstić information content (AvgIpc) is 2.90. The molecule has 2 heterocycles. The summed E-state index contributed by atoms with van der Waals surface area (Å²) in [6, 6.07) is 0.0885. The van der Waals surface area contributed by atoms with E-state index in [0.29, 0.717) is 42.1 Å². The van der Waals surface area contributed by atoms with Gasteiger partial charge in [-0.05, 0) is 45.7 Å². The zero-order valence-electron chi connectivity index (χ0n) is 16.1. The van der Waals surface area contributed by atoms with Gasteiger partial charge in [0.05, 0.1) is 24.4 Å². The molecular formula is C19H29N3O4. The second kappa shape index (κ2) is 8.98. The largest absolute Gasteiger partial charge is 0.462 e. The van der Waals surface area contributed by atoms with Crippen LogP contribution in [0.1, 0.15) is 65.2 Å². The number of ether oxygens (including phenoxy) is 1. The number of nitrogens with zero attached hydrogens (tertiary/aromatic N) is 1. The molecule has 1 fully saturated rings. The Hall–Kier alpha value is -2.15. The first-order valence-corrected chi connectivity index (χ1v) is 9.28. The molecule has 7 nitrogen and oxygen atoms in total. The van der Waals surface area contributed by atoms with Crippen LogP contribution in [0, 0.1) is 13.8 Å². The van der Waals surface area contributed by atoms with Crippen molar-refractivity contribution in [2.75, 3.05) is 26.2 Å². The van der Waals surface area contributed by atoms with Crippen LogP contribution >= 0.6 is 0 Å². The number of aromatic nitrogens is 1. The van der Waals surface area contributed by atoms with Gasteiger partial charge in [-0.2, -0.15) is 0 Å². The normalized spacial score (nSPS) is 17.8. The number of hydrogen-bond donors (Lipinski definition) is 2. The molecule has 2 rings (SSSR count). The third kappa shape index (κ3) is 4.72. The monoisotopic (exact) mass is 363 g/mol. The Bertz CT molecular complexity index is 681. The van der Waals surface area contributed by atoms with E-state index in [9.17, 15) is 14.4 Å². The van der Waals surface area contributed by atoms with E-state index in [-0.39, 0.29) is 24.3 Å². The molecule has 1 aliphatic rings. The number of hydrogen-bond acceptors (Lipinski definition) is 5. The van der Waals surface area contributed by atoms with Gasteiger partial charge in [0.15, 0.2) is 5.78 Å². The summed E-state index contributed by atoms with van der Waals surface area (Å²) < 4.78 is 5.07. The fraction of sp³-hybridized carbons (Fsp3) is 0.632. The first-order chi connectivity index (χ1) is 12.4. The SMILES string of the molecule is CCOC(=O)c1c(C)[nH]c(C(=O)CN2CCCC(NC(=O)CC)C2)c1C.